The van der Waals surface area contributed by atoms with E-state index in [1.807, 2.05) is 5.38 Å². The molecule has 1 nitrogen and oxygen atoms in total. The zero-order chi connectivity index (χ0) is 10.8. The largest absolute Gasteiger partial charge is 0.388 e. The Balaban J connectivity index is 2.47. The first kappa shape index (κ1) is 12.1. The average Bonchev–Trinajstić information content (AvgIpc) is 2.46. The Morgan fingerprint density at radius 2 is 2.14 bits per heavy atom. The third-order valence-electron chi connectivity index (χ3n) is 1.81. The fourth-order valence-electron chi connectivity index (χ4n) is 1.06. The highest BCUT2D eigenvalue weighted by molar-refractivity contribution is 8.00. The first-order valence-corrected chi connectivity index (χ1v) is 6.62. The first-order valence-electron chi connectivity index (χ1n) is 4.75. The highest BCUT2D eigenvalue weighted by Gasteiger charge is 2.15. The van der Waals surface area contributed by atoms with Crippen molar-refractivity contribution in [2.45, 2.75) is 38.5 Å². The van der Waals surface area contributed by atoms with Crippen LogP contribution in [0.15, 0.2) is 11.4 Å². The number of thiophene rings is 1. The number of aryl methyl sites for hydroxylation is 1. The Kier molecular flexibility index (Phi) is 4.04. The molecule has 80 valence electrons. The van der Waals surface area contributed by atoms with E-state index in [1.54, 1.807) is 23.1 Å². The van der Waals surface area contributed by atoms with E-state index in [0.29, 0.717) is 0 Å². The summed E-state index contributed by atoms with van der Waals surface area (Å²) in [5.41, 5.74) is 1.06. The average molecular weight is 230 g/mol. The highest BCUT2D eigenvalue weighted by Crippen LogP contribution is 2.29. The fourth-order valence-corrected chi connectivity index (χ4v) is 2.67. The van der Waals surface area contributed by atoms with Crippen LogP contribution in [0.1, 0.15) is 37.3 Å². The van der Waals surface area contributed by atoms with Crippen LogP contribution >= 0.6 is 23.1 Å². The van der Waals surface area contributed by atoms with Gasteiger partial charge in [-0.3, -0.25) is 0 Å². The molecule has 3 heteroatoms. The lowest BCUT2D eigenvalue weighted by atomic mass is 10.2. The first-order chi connectivity index (χ1) is 6.38. The number of hydrogen-bond donors (Lipinski definition) is 1. The van der Waals surface area contributed by atoms with Crippen molar-refractivity contribution in [1.82, 2.24) is 0 Å². The maximum Gasteiger partial charge on any atom is 0.0888 e. The van der Waals surface area contributed by atoms with Gasteiger partial charge in [0.15, 0.2) is 0 Å². The summed E-state index contributed by atoms with van der Waals surface area (Å²) in [6, 6.07) is 2.07. The fraction of sp³-hybridized carbons (Fsp3) is 0.636. The van der Waals surface area contributed by atoms with Crippen molar-refractivity contribution in [2.75, 3.05) is 5.75 Å². The van der Waals surface area contributed by atoms with E-state index in [2.05, 4.69) is 33.8 Å². The van der Waals surface area contributed by atoms with Crippen molar-refractivity contribution in [3.05, 3.63) is 21.9 Å². The Morgan fingerprint density at radius 3 is 2.57 bits per heavy atom. The van der Waals surface area contributed by atoms with Crippen molar-refractivity contribution < 1.29 is 5.11 Å². The molecule has 0 saturated heterocycles. The molecule has 0 fully saturated rings. The van der Waals surface area contributed by atoms with Gasteiger partial charge < -0.3 is 5.11 Å². The Hall–Kier alpha value is 0.01000. The van der Waals surface area contributed by atoms with Gasteiger partial charge in [0.25, 0.3) is 0 Å². The second-order valence-corrected chi connectivity index (χ2v) is 7.39. The van der Waals surface area contributed by atoms with Gasteiger partial charge in [-0.25, -0.2) is 0 Å². The Bertz CT molecular complexity index is 286. The van der Waals surface area contributed by atoms with Crippen molar-refractivity contribution in [2.24, 2.45) is 0 Å². The third-order valence-corrected chi connectivity index (χ3v) is 4.04. The summed E-state index contributed by atoms with van der Waals surface area (Å²) in [6.07, 6.45) is -0.316. The molecule has 0 amide bonds. The van der Waals surface area contributed by atoms with Crippen LogP contribution in [-0.4, -0.2) is 15.6 Å². The summed E-state index contributed by atoms with van der Waals surface area (Å²) in [5, 5.41) is 11.9. The molecule has 1 atom stereocenters. The molecule has 1 unspecified atom stereocenters. The van der Waals surface area contributed by atoms with Crippen LogP contribution in [0.25, 0.3) is 0 Å². The minimum atomic E-state index is -0.316. The standard InChI is InChI=1S/C11H18OS2/c1-8-5-9(6-13-8)10(12)7-14-11(2,3)4/h5-6,10,12H,7H2,1-4H3. The molecule has 1 N–H and O–H groups in total. The number of hydrogen-bond acceptors (Lipinski definition) is 3. The van der Waals surface area contributed by atoms with E-state index in [9.17, 15) is 5.11 Å². The van der Waals surface area contributed by atoms with Crippen LogP contribution in [0.4, 0.5) is 0 Å². The molecule has 0 aliphatic carbocycles. The van der Waals surface area contributed by atoms with Gasteiger partial charge >= 0.3 is 0 Å². The van der Waals surface area contributed by atoms with Crippen LogP contribution in [-0.2, 0) is 0 Å². The quantitative estimate of drug-likeness (QED) is 0.856. The normalized spacial score (nSPS) is 14.4. The maximum atomic E-state index is 9.88. The van der Waals surface area contributed by atoms with Crippen LogP contribution in [0.2, 0.25) is 0 Å². The van der Waals surface area contributed by atoms with E-state index < -0.39 is 0 Å². The Morgan fingerprint density at radius 1 is 1.50 bits per heavy atom. The minimum Gasteiger partial charge on any atom is -0.388 e. The third kappa shape index (κ3) is 4.03. The lowest BCUT2D eigenvalue weighted by molar-refractivity contribution is 0.204. The van der Waals surface area contributed by atoms with E-state index in [-0.39, 0.29) is 10.9 Å². The van der Waals surface area contributed by atoms with E-state index in [1.165, 1.54) is 4.88 Å². The summed E-state index contributed by atoms with van der Waals surface area (Å²) >= 11 is 3.50. The molecule has 0 bridgehead atoms. The van der Waals surface area contributed by atoms with Gasteiger partial charge in [-0.2, -0.15) is 11.8 Å². The molecule has 14 heavy (non-hydrogen) atoms. The van der Waals surface area contributed by atoms with Gasteiger partial charge in [0.2, 0.25) is 0 Å². The predicted octanol–water partition coefficient (Wildman–Crippen LogP) is 3.62. The molecule has 0 aromatic carbocycles. The summed E-state index contributed by atoms with van der Waals surface area (Å²) in [7, 11) is 0. The van der Waals surface area contributed by atoms with Gasteiger partial charge in [-0.05, 0) is 23.9 Å². The molecule has 1 aromatic heterocycles. The molecule has 0 radical (unpaired) electrons. The van der Waals surface area contributed by atoms with Crippen LogP contribution in [0, 0.1) is 6.92 Å². The summed E-state index contributed by atoms with van der Waals surface area (Å²) in [6.45, 7) is 8.58. The smallest absolute Gasteiger partial charge is 0.0888 e. The number of rotatable bonds is 3. The summed E-state index contributed by atoms with van der Waals surface area (Å²) in [4.78, 5) is 1.26. The summed E-state index contributed by atoms with van der Waals surface area (Å²) in [5.74, 6) is 0.777. The minimum absolute atomic E-state index is 0.228. The van der Waals surface area contributed by atoms with Crippen LogP contribution in [0.5, 0.6) is 0 Å². The van der Waals surface area contributed by atoms with E-state index in [0.717, 1.165) is 11.3 Å². The van der Waals surface area contributed by atoms with Gasteiger partial charge in [0.1, 0.15) is 0 Å². The lowest BCUT2D eigenvalue weighted by Gasteiger charge is -2.19. The van der Waals surface area contributed by atoms with Crippen molar-refractivity contribution in [3.8, 4) is 0 Å². The summed E-state index contributed by atoms with van der Waals surface area (Å²) < 4.78 is 0.228. The SMILES string of the molecule is Cc1cc(C(O)CSC(C)(C)C)cs1. The Labute approximate surface area is 94.5 Å². The molecule has 0 aliphatic rings. The highest BCUT2D eigenvalue weighted by atomic mass is 32.2. The lowest BCUT2D eigenvalue weighted by Crippen LogP contribution is -2.11. The van der Waals surface area contributed by atoms with Crippen molar-refractivity contribution in [3.63, 3.8) is 0 Å². The van der Waals surface area contributed by atoms with Crippen LogP contribution < -0.4 is 0 Å². The van der Waals surface area contributed by atoms with Gasteiger partial charge in [0.05, 0.1) is 6.10 Å². The molecule has 0 spiro atoms. The van der Waals surface area contributed by atoms with E-state index in [4.69, 9.17) is 0 Å². The van der Waals surface area contributed by atoms with Crippen LogP contribution in [0.3, 0.4) is 0 Å². The van der Waals surface area contributed by atoms with Gasteiger partial charge in [-0.15, -0.1) is 11.3 Å². The molecule has 1 heterocycles. The number of aliphatic hydroxyl groups excluding tert-OH is 1. The maximum absolute atomic E-state index is 9.88. The molecular weight excluding hydrogens is 212 g/mol. The monoisotopic (exact) mass is 230 g/mol. The van der Waals surface area contributed by atoms with Crippen molar-refractivity contribution >= 4 is 23.1 Å². The second kappa shape index (κ2) is 4.69. The molecule has 0 saturated carbocycles. The molecule has 1 rings (SSSR count). The van der Waals surface area contributed by atoms with Crippen molar-refractivity contribution in [1.29, 1.82) is 0 Å². The topological polar surface area (TPSA) is 20.2 Å². The zero-order valence-electron chi connectivity index (χ0n) is 9.20. The predicted molar refractivity (Wildman–Crippen MR) is 66.2 cm³/mol. The number of aliphatic hydroxyl groups is 1. The van der Waals surface area contributed by atoms with Gasteiger partial charge in [-0.1, -0.05) is 20.8 Å². The van der Waals surface area contributed by atoms with Gasteiger partial charge in [0, 0.05) is 15.4 Å². The zero-order valence-corrected chi connectivity index (χ0v) is 10.8. The number of thioether (sulfide) groups is 1. The van der Waals surface area contributed by atoms with E-state index >= 15 is 0 Å². The molecular formula is C11H18OS2. The molecule has 0 aliphatic heterocycles. The molecule has 1 aromatic rings. The second-order valence-electron chi connectivity index (χ2n) is 4.43.